The largest absolute Gasteiger partial charge is 0.343 e. The highest BCUT2D eigenvalue weighted by Crippen LogP contribution is 2.22. The normalized spacial score (nSPS) is 29.6. The molecule has 2 rings (SSSR count). The van der Waals surface area contributed by atoms with E-state index in [0.29, 0.717) is 18.0 Å². The lowest BCUT2D eigenvalue weighted by atomic mass is 9.94. The molecule has 0 radical (unpaired) electrons. The smallest absolute Gasteiger partial charge is 0.225 e. The minimum absolute atomic E-state index is 0.105. The van der Waals surface area contributed by atoms with E-state index in [0.717, 1.165) is 39.0 Å². The van der Waals surface area contributed by atoms with Gasteiger partial charge in [-0.1, -0.05) is 0 Å². The summed E-state index contributed by atoms with van der Waals surface area (Å²) in [5.74, 6) is 0.520. The Balaban J connectivity index is 1.91. The van der Waals surface area contributed by atoms with Crippen LogP contribution in [0.4, 0.5) is 0 Å². The van der Waals surface area contributed by atoms with Gasteiger partial charge in [0.25, 0.3) is 0 Å². The topological polar surface area (TPSA) is 43.9 Å². The molecule has 0 aromatic heterocycles. The molecule has 2 fully saturated rings. The molecule has 2 unspecified atom stereocenters. The SMILES string of the molecule is CC(=O)N1CCC(C(=O)N2CC(C)N(C)C(C)C2)CC1. The van der Waals surface area contributed by atoms with Crippen molar-refractivity contribution in [2.75, 3.05) is 33.2 Å². The molecule has 0 aromatic rings. The van der Waals surface area contributed by atoms with Crippen LogP contribution in [0.5, 0.6) is 0 Å². The van der Waals surface area contributed by atoms with Gasteiger partial charge >= 0.3 is 0 Å². The minimum Gasteiger partial charge on any atom is -0.343 e. The summed E-state index contributed by atoms with van der Waals surface area (Å²) >= 11 is 0. The maximum Gasteiger partial charge on any atom is 0.225 e. The van der Waals surface area contributed by atoms with E-state index in [1.165, 1.54) is 0 Å². The van der Waals surface area contributed by atoms with Crippen LogP contribution in [0.3, 0.4) is 0 Å². The van der Waals surface area contributed by atoms with E-state index in [-0.39, 0.29) is 11.8 Å². The number of likely N-dealkylation sites (tertiary alicyclic amines) is 1. The van der Waals surface area contributed by atoms with Crippen molar-refractivity contribution in [1.82, 2.24) is 14.7 Å². The van der Waals surface area contributed by atoms with Crippen LogP contribution in [-0.2, 0) is 9.59 Å². The van der Waals surface area contributed by atoms with Crippen LogP contribution in [-0.4, -0.2) is 71.8 Å². The van der Waals surface area contributed by atoms with Gasteiger partial charge in [-0.05, 0) is 33.7 Å². The number of carbonyl (C=O) groups is 2. The Labute approximate surface area is 121 Å². The molecule has 2 aliphatic rings. The van der Waals surface area contributed by atoms with Gasteiger partial charge in [0.05, 0.1) is 0 Å². The van der Waals surface area contributed by atoms with E-state index in [2.05, 4.69) is 25.8 Å². The Bertz CT molecular complexity index is 365. The van der Waals surface area contributed by atoms with Gasteiger partial charge in [-0.3, -0.25) is 14.5 Å². The molecule has 0 aliphatic carbocycles. The average Bonchev–Trinajstić information content (AvgIpc) is 2.43. The summed E-state index contributed by atoms with van der Waals surface area (Å²) in [6.07, 6.45) is 1.63. The second kappa shape index (κ2) is 6.12. The molecular formula is C15H27N3O2. The molecule has 5 nitrogen and oxygen atoms in total. The summed E-state index contributed by atoms with van der Waals surface area (Å²) in [7, 11) is 2.13. The predicted octanol–water partition coefficient (Wildman–Crippen LogP) is 0.796. The maximum atomic E-state index is 12.6. The lowest BCUT2D eigenvalue weighted by Gasteiger charge is -2.44. The molecule has 5 heteroatoms. The van der Waals surface area contributed by atoms with E-state index >= 15 is 0 Å². The van der Waals surface area contributed by atoms with Gasteiger partial charge in [-0.25, -0.2) is 0 Å². The second-order valence-corrected chi connectivity index (χ2v) is 6.39. The number of amides is 2. The van der Waals surface area contributed by atoms with Crippen LogP contribution in [0.1, 0.15) is 33.6 Å². The van der Waals surface area contributed by atoms with Crippen LogP contribution in [0, 0.1) is 5.92 Å². The van der Waals surface area contributed by atoms with Crippen LogP contribution in [0.25, 0.3) is 0 Å². The van der Waals surface area contributed by atoms with Crippen LogP contribution < -0.4 is 0 Å². The van der Waals surface area contributed by atoms with Crippen molar-refractivity contribution in [3.63, 3.8) is 0 Å². The lowest BCUT2D eigenvalue weighted by Crippen LogP contribution is -2.58. The van der Waals surface area contributed by atoms with Crippen molar-refractivity contribution in [1.29, 1.82) is 0 Å². The van der Waals surface area contributed by atoms with Gasteiger partial charge in [0.2, 0.25) is 11.8 Å². The third-order valence-electron chi connectivity index (χ3n) is 4.96. The first-order chi connectivity index (χ1) is 9.40. The number of hydrogen-bond donors (Lipinski definition) is 0. The van der Waals surface area contributed by atoms with Crippen LogP contribution in [0.15, 0.2) is 0 Å². The fourth-order valence-electron chi connectivity index (χ4n) is 3.28. The Morgan fingerprint density at radius 3 is 1.90 bits per heavy atom. The standard InChI is InChI=1S/C15H27N3O2/c1-11-9-18(10-12(2)16(11)4)15(20)14-5-7-17(8-6-14)13(3)19/h11-12,14H,5-10H2,1-4H3. The zero-order valence-electron chi connectivity index (χ0n) is 13.1. The van der Waals surface area contributed by atoms with Crippen molar-refractivity contribution in [3.8, 4) is 0 Å². The number of nitrogens with zero attached hydrogens (tertiary/aromatic N) is 3. The van der Waals surface area contributed by atoms with Crippen molar-refractivity contribution < 1.29 is 9.59 Å². The summed E-state index contributed by atoms with van der Waals surface area (Å²) in [4.78, 5) is 30.2. The van der Waals surface area contributed by atoms with Crippen molar-refractivity contribution in [3.05, 3.63) is 0 Å². The molecule has 0 bridgehead atoms. The first-order valence-corrected chi connectivity index (χ1v) is 7.66. The maximum absolute atomic E-state index is 12.6. The molecule has 2 atom stereocenters. The van der Waals surface area contributed by atoms with E-state index < -0.39 is 0 Å². The zero-order valence-corrected chi connectivity index (χ0v) is 13.1. The van der Waals surface area contributed by atoms with Crippen molar-refractivity contribution in [2.45, 2.75) is 45.7 Å². The zero-order chi connectivity index (χ0) is 14.9. The second-order valence-electron chi connectivity index (χ2n) is 6.39. The number of hydrogen-bond acceptors (Lipinski definition) is 3. The van der Waals surface area contributed by atoms with Crippen LogP contribution >= 0.6 is 0 Å². The highest BCUT2D eigenvalue weighted by Gasteiger charge is 2.34. The number of piperazine rings is 1. The summed E-state index contributed by atoms with van der Waals surface area (Å²) < 4.78 is 0. The van der Waals surface area contributed by atoms with Gasteiger partial charge < -0.3 is 9.80 Å². The summed E-state index contributed by atoms with van der Waals surface area (Å²) in [5.41, 5.74) is 0. The molecule has 0 aromatic carbocycles. The van der Waals surface area contributed by atoms with Gasteiger partial charge in [-0.2, -0.15) is 0 Å². The Morgan fingerprint density at radius 1 is 0.950 bits per heavy atom. The highest BCUT2D eigenvalue weighted by atomic mass is 16.2. The Morgan fingerprint density at radius 2 is 1.45 bits per heavy atom. The molecule has 2 amide bonds. The molecule has 2 saturated heterocycles. The minimum atomic E-state index is 0.105. The fourth-order valence-corrected chi connectivity index (χ4v) is 3.28. The summed E-state index contributed by atoms with van der Waals surface area (Å²) in [5, 5.41) is 0. The molecule has 0 N–H and O–H groups in total. The highest BCUT2D eigenvalue weighted by molar-refractivity contribution is 5.80. The molecule has 2 heterocycles. The lowest BCUT2D eigenvalue weighted by molar-refractivity contribution is -0.143. The molecule has 2 aliphatic heterocycles. The quantitative estimate of drug-likeness (QED) is 0.714. The number of likely N-dealkylation sites (N-methyl/N-ethyl adjacent to an activating group) is 1. The Kier molecular flexibility index (Phi) is 4.68. The van der Waals surface area contributed by atoms with Gasteiger partial charge in [0, 0.05) is 51.1 Å². The van der Waals surface area contributed by atoms with Crippen LogP contribution in [0.2, 0.25) is 0 Å². The summed E-state index contributed by atoms with van der Waals surface area (Å²) in [6, 6.07) is 0.833. The van der Waals surface area contributed by atoms with E-state index in [1.54, 1.807) is 6.92 Å². The molecular weight excluding hydrogens is 254 g/mol. The third-order valence-corrected chi connectivity index (χ3v) is 4.96. The predicted molar refractivity (Wildman–Crippen MR) is 78.2 cm³/mol. The molecule has 0 spiro atoms. The molecule has 114 valence electrons. The monoisotopic (exact) mass is 281 g/mol. The average molecular weight is 281 g/mol. The number of piperidine rings is 1. The molecule has 20 heavy (non-hydrogen) atoms. The van der Waals surface area contributed by atoms with E-state index in [4.69, 9.17) is 0 Å². The Hall–Kier alpha value is -1.10. The van der Waals surface area contributed by atoms with E-state index in [9.17, 15) is 9.59 Å². The first-order valence-electron chi connectivity index (χ1n) is 7.66. The number of rotatable bonds is 1. The molecule has 0 saturated carbocycles. The summed E-state index contributed by atoms with van der Waals surface area (Å²) in [6.45, 7) is 9.06. The number of carbonyl (C=O) groups excluding carboxylic acids is 2. The third kappa shape index (κ3) is 3.14. The van der Waals surface area contributed by atoms with Crippen molar-refractivity contribution in [2.24, 2.45) is 5.92 Å². The first kappa shape index (κ1) is 15.3. The van der Waals surface area contributed by atoms with Gasteiger partial charge in [-0.15, -0.1) is 0 Å². The van der Waals surface area contributed by atoms with E-state index in [1.807, 2.05) is 9.80 Å². The fraction of sp³-hybridized carbons (Fsp3) is 0.867. The van der Waals surface area contributed by atoms with Crippen molar-refractivity contribution >= 4 is 11.8 Å². The van der Waals surface area contributed by atoms with Gasteiger partial charge in [0.15, 0.2) is 0 Å². The van der Waals surface area contributed by atoms with Gasteiger partial charge in [0.1, 0.15) is 0 Å².